The van der Waals surface area contributed by atoms with Gasteiger partial charge in [-0.2, -0.15) is 0 Å². The van der Waals surface area contributed by atoms with Crippen LogP contribution in [-0.4, -0.2) is 36.1 Å². The van der Waals surface area contributed by atoms with E-state index in [4.69, 9.17) is 5.41 Å². The molecule has 1 atom stereocenters. The summed E-state index contributed by atoms with van der Waals surface area (Å²) in [6, 6.07) is 9.79. The van der Waals surface area contributed by atoms with Gasteiger partial charge in [0, 0.05) is 25.0 Å². The molecule has 0 bridgehead atoms. The number of rotatable bonds is 7. The predicted octanol–water partition coefficient (Wildman–Crippen LogP) is 2.21. The molecular weight excluding hydrogens is 354 g/mol. The SMILES string of the molecule is CC(=N)CNC(=O)c1cncc(Cc2ccc(C(C)NC(C)=O)cc2)c1.CN. The lowest BCUT2D eigenvalue weighted by molar-refractivity contribution is -0.119. The highest BCUT2D eigenvalue weighted by molar-refractivity contribution is 5.96. The average Bonchev–Trinajstić information content (AvgIpc) is 2.68. The number of nitrogens with two attached hydrogens (primary N) is 1. The highest BCUT2D eigenvalue weighted by Crippen LogP contribution is 2.16. The third-order valence-corrected chi connectivity index (χ3v) is 3.88. The van der Waals surface area contributed by atoms with Crippen LogP contribution in [0.1, 0.15) is 53.9 Å². The van der Waals surface area contributed by atoms with Crippen molar-refractivity contribution in [2.75, 3.05) is 13.6 Å². The molecule has 150 valence electrons. The minimum atomic E-state index is -0.231. The molecule has 0 aliphatic carbocycles. The lowest BCUT2D eigenvalue weighted by atomic mass is 10.0. The van der Waals surface area contributed by atoms with Crippen molar-refractivity contribution in [3.8, 4) is 0 Å². The molecule has 7 heteroatoms. The van der Waals surface area contributed by atoms with E-state index in [0.29, 0.717) is 17.7 Å². The number of carbonyl (C=O) groups is 2. The zero-order chi connectivity index (χ0) is 21.1. The summed E-state index contributed by atoms with van der Waals surface area (Å²) in [4.78, 5) is 27.4. The summed E-state index contributed by atoms with van der Waals surface area (Å²) in [6.45, 7) is 5.32. The van der Waals surface area contributed by atoms with Crippen LogP contribution in [0.15, 0.2) is 42.7 Å². The van der Waals surface area contributed by atoms with Crippen LogP contribution in [-0.2, 0) is 11.2 Å². The Labute approximate surface area is 166 Å². The van der Waals surface area contributed by atoms with Gasteiger partial charge in [0.1, 0.15) is 0 Å². The van der Waals surface area contributed by atoms with Gasteiger partial charge in [-0.15, -0.1) is 0 Å². The van der Waals surface area contributed by atoms with Crippen LogP contribution in [0.4, 0.5) is 0 Å². The molecule has 2 amide bonds. The number of nitrogens with one attached hydrogen (secondary N) is 3. The van der Waals surface area contributed by atoms with E-state index in [1.165, 1.54) is 20.2 Å². The van der Waals surface area contributed by atoms with E-state index in [1.807, 2.05) is 37.3 Å². The third-order valence-electron chi connectivity index (χ3n) is 3.88. The second kappa shape index (κ2) is 11.6. The second-order valence-electron chi connectivity index (χ2n) is 6.39. The van der Waals surface area contributed by atoms with Crippen molar-refractivity contribution in [1.82, 2.24) is 15.6 Å². The van der Waals surface area contributed by atoms with E-state index in [2.05, 4.69) is 21.4 Å². The molecule has 1 aromatic heterocycles. The van der Waals surface area contributed by atoms with Crippen LogP contribution in [0.3, 0.4) is 0 Å². The summed E-state index contributed by atoms with van der Waals surface area (Å²) in [6.07, 6.45) is 3.93. The lowest BCUT2D eigenvalue weighted by Crippen LogP contribution is -2.28. The molecule has 28 heavy (non-hydrogen) atoms. The second-order valence-corrected chi connectivity index (χ2v) is 6.39. The molecule has 0 radical (unpaired) electrons. The van der Waals surface area contributed by atoms with Gasteiger partial charge in [-0.1, -0.05) is 24.3 Å². The standard InChI is InChI=1S/C20H24N4O2.CH5N/c1-13(21)10-23-20(26)19-9-17(11-22-12-19)8-16-4-6-18(7-5-16)14(2)24-15(3)25;1-2/h4-7,9,11-12,14,21H,8,10H2,1-3H3,(H,23,26)(H,24,25);2H2,1H3. The van der Waals surface area contributed by atoms with Crippen LogP contribution < -0.4 is 16.4 Å². The fourth-order valence-corrected chi connectivity index (χ4v) is 2.57. The lowest BCUT2D eigenvalue weighted by Gasteiger charge is -2.13. The first-order valence-electron chi connectivity index (χ1n) is 9.05. The van der Waals surface area contributed by atoms with E-state index < -0.39 is 0 Å². The molecule has 2 rings (SSSR count). The van der Waals surface area contributed by atoms with E-state index in [0.717, 1.165) is 16.7 Å². The highest BCUT2D eigenvalue weighted by atomic mass is 16.2. The minimum Gasteiger partial charge on any atom is -0.350 e. The Kier molecular flexibility index (Phi) is 9.53. The van der Waals surface area contributed by atoms with Crippen LogP contribution in [0.5, 0.6) is 0 Å². The number of pyridine rings is 1. The highest BCUT2D eigenvalue weighted by Gasteiger charge is 2.09. The summed E-state index contributed by atoms with van der Waals surface area (Å²) >= 11 is 0. The molecular formula is C21H29N5O2. The van der Waals surface area contributed by atoms with E-state index in [9.17, 15) is 9.59 Å². The van der Waals surface area contributed by atoms with Gasteiger partial charge in [0.2, 0.25) is 5.91 Å². The van der Waals surface area contributed by atoms with Crippen LogP contribution in [0.25, 0.3) is 0 Å². The quantitative estimate of drug-likeness (QED) is 0.548. The van der Waals surface area contributed by atoms with Crippen LogP contribution in [0, 0.1) is 5.41 Å². The van der Waals surface area contributed by atoms with Crippen molar-refractivity contribution in [2.24, 2.45) is 5.73 Å². The van der Waals surface area contributed by atoms with Crippen LogP contribution >= 0.6 is 0 Å². The van der Waals surface area contributed by atoms with Crippen LogP contribution in [0.2, 0.25) is 0 Å². The normalized spacial score (nSPS) is 10.9. The molecule has 1 heterocycles. The number of carbonyl (C=O) groups excluding carboxylic acids is 2. The van der Waals surface area contributed by atoms with Gasteiger partial charge >= 0.3 is 0 Å². The molecule has 0 saturated heterocycles. The molecule has 1 aromatic carbocycles. The number of hydrogen-bond acceptors (Lipinski definition) is 5. The number of benzene rings is 1. The number of nitrogens with zero attached hydrogens (tertiary/aromatic N) is 1. The van der Waals surface area contributed by atoms with Crippen molar-refractivity contribution in [1.29, 1.82) is 5.41 Å². The maximum atomic E-state index is 12.1. The molecule has 0 spiro atoms. The predicted molar refractivity (Wildman–Crippen MR) is 112 cm³/mol. The third kappa shape index (κ3) is 7.67. The number of hydrogen-bond donors (Lipinski definition) is 4. The zero-order valence-electron chi connectivity index (χ0n) is 16.9. The van der Waals surface area contributed by atoms with Crippen molar-refractivity contribution < 1.29 is 9.59 Å². The first-order chi connectivity index (χ1) is 13.3. The fraction of sp³-hybridized carbons (Fsp3) is 0.333. The molecule has 1 unspecified atom stereocenters. The zero-order valence-corrected chi connectivity index (χ0v) is 16.9. The van der Waals surface area contributed by atoms with Gasteiger partial charge in [-0.25, -0.2) is 0 Å². The Morgan fingerprint density at radius 2 is 1.75 bits per heavy atom. The Balaban J connectivity index is 0.00000190. The Hall–Kier alpha value is -3.06. The van der Waals surface area contributed by atoms with Gasteiger partial charge < -0.3 is 21.8 Å². The summed E-state index contributed by atoms with van der Waals surface area (Å²) < 4.78 is 0. The molecule has 7 nitrogen and oxygen atoms in total. The smallest absolute Gasteiger partial charge is 0.253 e. The van der Waals surface area contributed by atoms with Crippen molar-refractivity contribution in [2.45, 2.75) is 33.2 Å². The Morgan fingerprint density at radius 1 is 1.11 bits per heavy atom. The number of aromatic nitrogens is 1. The first-order valence-corrected chi connectivity index (χ1v) is 9.05. The maximum Gasteiger partial charge on any atom is 0.253 e. The fourth-order valence-electron chi connectivity index (χ4n) is 2.57. The van der Waals surface area contributed by atoms with Gasteiger partial charge in [-0.05, 0) is 50.1 Å². The maximum absolute atomic E-state index is 12.1. The van der Waals surface area contributed by atoms with Gasteiger partial charge in [0.25, 0.3) is 5.91 Å². The van der Waals surface area contributed by atoms with Crippen molar-refractivity contribution in [3.05, 3.63) is 65.0 Å². The molecule has 0 fully saturated rings. The van der Waals surface area contributed by atoms with E-state index in [1.54, 1.807) is 13.1 Å². The average molecular weight is 383 g/mol. The summed E-state index contributed by atoms with van der Waals surface area (Å²) in [5.41, 5.74) is 8.46. The van der Waals surface area contributed by atoms with Gasteiger partial charge in [0.15, 0.2) is 0 Å². The van der Waals surface area contributed by atoms with Gasteiger partial charge in [0.05, 0.1) is 18.2 Å². The van der Waals surface area contributed by atoms with Crippen molar-refractivity contribution >= 4 is 17.5 Å². The molecule has 0 saturated carbocycles. The minimum absolute atomic E-state index is 0.0347. The monoisotopic (exact) mass is 383 g/mol. The molecule has 2 aromatic rings. The van der Waals surface area contributed by atoms with Gasteiger partial charge in [-0.3, -0.25) is 14.6 Å². The Bertz CT molecular complexity index is 803. The molecule has 5 N–H and O–H groups in total. The largest absolute Gasteiger partial charge is 0.350 e. The van der Waals surface area contributed by atoms with Crippen molar-refractivity contribution in [3.63, 3.8) is 0 Å². The summed E-state index contributed by atoms with van der Waals surface area (Å²) in [7, 11) is 1.50. The molecule has 0 aliphatic rings. The van der Waals surface area contributed by atoms with E-state index >= 15 is 0 Å². The topological polar surface area (TPSA) is 121 Å². The molecule has 0 aliphatic heterocycles. The Morgan fingerprint density at radius 3 is 2.32 bits per heavy atom. The number of amides is 2. The summed E-state index contributed by atoms with van der Waals surface area (Å²) in [5, 5.41) is 12.9. The van der Waals surface area contributed by atoms with E-state index in [-0.39, 0.29) is 24.4 Å². The summed E-state index contributed by atoms with van der Waals surface area (Å²) in [5.74, 6) is -0.286. The first kappa shape index (κ1) is 23.0.